The fraction of sp³-hybridized carbons (Fsp3) is 0.625. The lowest BCUT2D eigenvalue weighted by atomic mass is 10.1. The molecule has 0 spiro atoms. The first kappa shape index (κ1) is 8.11. The van der Waals surface area contributed by atoms with E-state index in [9.17, 15) is 0 Å². The molecule has 0 atom stereocenters. The van der Waals surface area contributed by atoms with E-state index in [1.54, 1.807) is 0 Å². The van der Waals surface area contributed by atoms with Gasteiger partial charge in [-0.1, -0.05) is 13.8 Å². The van der Waals surface area contributed by atoms with Crippen LogP contribution in [0.15, 0.2) is 0 Å². The first-order valence-electron chi connectivity index (χ1n) is 3.83. The van der Waals surface area contributed by atoms with Crippen molar-refractivity contribution in [2.45, 2.75) is 26.7 Å². The minimum Gasteiger partial charge on any atom is -0.396 e. The van der Waals surface area contributed by atoms with Crippen LogP contribution in [0.1, 0.15) is 31.2 Å². The quantitative estimate of drug-likeness (QED) is 0.663. The molecule has 0 aliphatic heterocycles. The zero-order valence-electron chi connectivity index (χ0n) is 7.55. The Kier molecular flexibility index (Phi) is 1.89. The molecule has 1 aromatic heterocycles. The van der Waals surface area contributed by atoms with E-state index in [1.165, 1.54) is 0 Å². The Labute approximate surface area is 67.2 Å². The van der Waals surface area contributed by atoms with E-state index >= 15 is 0 Å². The molecule has 3 nitrogen and oxygen atoms in total. The highest BCUT2D eigenvalue weighted by molar-refractivity contribution is 5.48. The van der Waals surface area contributed by atoms with Crippen molar-refractivity contribution in [3.8, 4) is 0 Å². The van der Waals surface area contributed by atoms with Gasteiger partial charge in [-0.3, -0.25) is 4.68 Å². The van der Waals surface area contributed by atoms with Crippen LogP contribution in [0.2, 0.25) is 0 Å². The van der Waals surface area contributed by atoms with Crippen LogP contribution in [0.25, 0.3) is 0 Å². The van der Waals surface area contributed by atoms with E-state index in [-0.39, 0.29) is 0 Å². The highest BCUT2D eigenvalue weighted by Crippen LogP contribution is 2.22. The molecule has 1 rings (SSSR count). The summed E-state index contributed by atoms with van der Waals surface area (Å²) in [7, 11) is 1.91. The molecular weight excluding hydrogens is 138 g/mol. The summed E-state index contributed by atoms with van der Waals surface area (Å²) in [6, 6.07) is 0. The minimum atomic E-state index is 0.412. The third-order valence-corrected chi connectivity index (χ3v) is 1.96. The molecule has 3 heteroatoms. The van der Waals surface area contributed by atoms with Crippen LogP contribution in [0.5, 0.6) is 0 Å². The first-order chi connectivity index (χ1) is 5.04. The molecule has 1 heterocycles. The maximum absolute atomic E-state index is 5.82. The Bertz CT molecular complexity index is 261. The smallest absolute Gasteiger partial charge is 0.0881 e. The van der Waals surface area contributed by atoms with Crippen molar-refractivity contribution in [3.63, 3.8) is 0 Å². The molecule has 0 bridgehead atoms. The second-order valence-corrected chi connectivity index (χ2v) is 3.16. The number of aryl methyl sites for hydroxylation is 1. The topological polar surface area (TPSA) is 43.8 Å². The molecule has 0 unspecified atom stereocenters. The molecule has 0 saturated carbocycles. The lowest BCUT2D eigenvalue weighted by molar-refractivity contribution is 0.698. The number of nitrogens with zero attached hydrogens (tertiary/aromatic N) is 2. The fourth-order valence-electron chi connectivity index (χ4n) is 1.08. The highest BCUT2D eigenvalue weighted by atomic mass is 15.3. The van der Waals surface area contributed by atoms with Gasteiger partial charge in [-0.2, -0.15) is 5.10 Å². The summed E-state index contributed by atoms with van der Waals surface area (Å²) >= 11 is 0. The Balaban J connectivity index is 3.19. The van der Waals surface area contributed by atoms with Gasteiger partial charge in [0.05, 0.1) is 17.1 Å². The number of rotatable bonds is 1. The monoisotopic (exact) mass is 153 g/mol. The van der Waals surface area contributed by atoms with Gasteiger partial charge >= 0.3 is 0 Å². The zero-order valence-corrected chi connectivity index (χ0v) is 7.55. The van der Waals surface area contributed by atoms with Gasteiger partial charge in [-0.25, -0.2) is 0 Å². The van der Waals surface area contributed by atoms with Gasteiger partial charge in [-0.15, -0.1) is 0 Å². The molecule has 62 valence electrons. The molecule has 0 aliphatic rings. The Hall–Kier alpha value is -0.990. The van der Waals surface area contributed by atoms with Crippen LogP contribution >= 0.6 is 0 Å². The van der Waals surface area contributed by atoms with E-state index in [0.29, 0.717) is 5.92 Å². The number of anilines is 1. The number of hydrogen-bond acceptors (Lipinski definition) is 2. The van der Waals surface area contributed by atoms with Crippen LogP contribution in [-0.2, 0) is 7.05 Å². The maximum atomic E-state index is 5.82. The van der Waals surface area contributed by atoms with Crippen molar-refractivity contribution in [2.24, 2.45) is 7.05 Å². The van der Waals surface area contributed by atoms with Gasteiger partial charge in [0.1, 0.15) is 0 Å². The maximum Gasteiger partial charge on any atom is 0.0881 e. The average molecular weight is 153 g/mol. The Morgan fingerprint density at radius 2 is 2.00 bits per heavy atom. The van der Waals surface area contributed by atoms with Gasteiger partial charge in [-0.05, 0) is 12.8 Å². The summed E-state index contributed by atoms with van der Waals surface area (Å²) in [6.07, 6.45) is 0. The summed E-state index contributed by atoms with van der Waals surface area (Å²) in [5.41, 5.74) is 8.71. The summed E-state index contributed by atoms with van der Waals surface area (Å²) in [4.78, 5) is 0. The van der Waals surface area contributed by atoms with Crippen molar-refractivity contribution in [2.75, 3.05) is 5.73 Å². The van der Waals surface area contributed by atoms with Gasteiger partial charge < -0.3 is 5.73 Å². The SMILES string of the molecule is Cc1c(N)c(C(C)C)nn1C. The summed E-state index contributed by atoms with van der Waals surface area (Å²) in [5.74, 6) is 0.412. The third-order valence-electron chi connectivity index (χ3n) is 1.96. The van der Waals surface area contributed by atoms with Crippen molar-refractivity contribution in [1.82, 2.24) is 9.78 Å². The van der Waals surface area contributed by atoms with E-state index in [0.717, 1.165) is 17.1 Å². The molecule has 2 N–H and O–H groups in total. The average Bonchev–Trinajstić information content (AvgIpc) is 2.17. The second kappa shape index (κ2) is 2.57. The number of hydrogen-bond donors (Lipinski definition) is 1. The van der Waals surface area contributed by atoms with Gasteiger partial charge in [0.25, 0.3) is 0 Å². The van der Waals surface area contributed by atoms with Crippen molar-refractivity contribution < 1.29 is 0 Å². The van der Waals surface area contributed by atoms with Gasteiger partial charge in [0.15, 0.2) is 0 Å². The standard InChI is InChI=1S/C8H15N3/c1-5(2)8-7(9)6(3)11(4)10-8/h5H,9H2,1-4H3. The molecule has 0 radical (unpaired) electrons. The molecule has 0 saturated heterocycles. The summed E-state index contributed by atoms with van der Waals surface area (Å²) < 4.78 is 1.82. The minimum absolute atomic E-state index is 0.412. The predicted octanol–water partition coefficient (Wildman–Crippen LogP) is 1.43. The van der Waals surface area contributed by atoms with Gasteiger partial charge in [0, 0.05) is 7.05 Å². The normalized spacial score (nSPS) is 11.0. The van der Waals surface area contributed by atoms with Gasteiger partial charge in [0.2, 0.25) is 0 Å². The Morgan fingerprint density at radius 1 is 1.45 bits per heavy atom. The predicted molar refractivity (Wildman–Crippen MR) is 46.4 cm³/mol. The molecular formula is C8H15N3. The van der Waals surface area contributed by atoms with Crippen LogP contribution in [0.3, 0.4) is 0 Å². The largest absolute Gasteiger partial charge is 0.396 e. The van der Waals surface area contributed by atoms with Crippen LogP contribution in [0, 0.1) is 6.92 Å². The first-order valence-corrected chi connectivity index (χ1v) is 3.83. The third kappa shape index (κ3) is 1.23. The van der Waals surface area contributed by atoms with Crippen LogP contribution < -0.4 is 5.73 Å². The molecule has 0 aromatic carbocycles. The number of nitrogen functional groups attached to an aromatic ring is 1. The summed E-state index contributed by atoms with van der Waals surface area (Å²) in [6.45, 7) is 6.17. The molecule has 0 aliphatic carbocycles. The Morgan fingerprint density at radius 3 is 2.18 bits per heavy atom. The summed E-state index contributed by atoms with van der Waals surface area (Å²) in [5, 5.41) is 4.30. The van der Waals surface area contributed by atoms with Crippen molar-refractivity contribution in [3.05, 3.63) is 11.4 Å². The van der Waals surface area contributed by atoms with Crippen molar-refractivity contribution in [1.29, 1.82) is 0 Å². The molecule has 1 aromatic rings. The van der Waals surface area contributed by atoms with E-state index in [4.69, 9.17) is 5.73 Å². The van der Waals surface area contributed by atoms with E-state index in [2.05, 4.69) is 18.9 Å². The molecule has 0 amide bonds. The van der Waals surface area contributed by atoms with E-state index in [1.807, 2.05) is 18.7 Å². The fourth-order valence-corrected chi connectivity index (χ4v) is 1.08. The zero-order chi connectivity index (χ0) is 8.59. The molecule has 0 fully saturated rings. The number of nitrogens with two attached hydrogens (primary N) is 1. The lowest BCUT2D eigenvalue weighted by Crippen LogP contribution is -1.94. The number of aromatic nitrogens is 2. The van der Waals surface area contributed by atoms with Crippen molar-refractivity contribution >= 4 is 5.69 Å². The lowest BCUT2D eigenvalue weighted by Gasteiger charge is -1.99. The van der Waals surface area contributed by atoms with E-state index < -0.39 is 0 Å². The molecule has 11 heavy (non-hydrogen) atoms. The van der Waals surface area contributed by atoms with Crippen LogP contribution in [-0.4, -0.2) is 9.78 Å². The second-order valence-electron chi connectivity index (χ2n) is 3.16. The van der Waals surface area contributed by atoms with Crippen LogP contribution in [0.4, 0.5) is 5.69 Å². The highest BCUT2D eigenvalue weighted by Gasteiger charge is 2.11.